The fraction of sp³-hybridized carbons (Fsp3) is 0.538. The van der Waals surface area contributed by atoms with Gasteiger partial charge in [-0.15, -0.1) is 0 Å². The number of carbonyl (C=O) groups is 1. The molecule has 3 nitrogen and oxygen atoms in total. The van der Waals surface area contributed by atoms with Crippen LogP contribution in [0, 0.1) is 11.3 Å². The Labute approximate surface area is 175 Å². The van der Waals surface area contributed by atoms with Crippen molar-refractivity contribution in [2.45, 2.75) is 71.1 Å². The van der Waals surface area contributed by atoms with Gasteiger partial charge in [-0.25, -0.2) is 0 Å². The number of aromatic nitrogens is 1. The molecule has 3 atom stereocenters. The summed E-state index contributed by atoms with van der Waals surface area (Å²) in [6.07, 6.45) is 9.38. The van der Waals surface area contributed by atoms with Crippen molar-refractivity contribution in [3.05, 3.63) is 65.0 Å². The highest BCUT2D eigenvalue weighted by molar-refractivity contribution is 5.93. The van der Waals surface area contributed by atoms with Crippen molar-refractivity contribution in [2.75, 3.05) is 6.54 Å². The second-order valence-corrected chi connectivity index (χ2v) is 10.0. The van der Waals surface area contributed by atoms with E-state index in [1.54, 1.807) is 35.7 Å². The van der Waals surface area contributed by atoms with Gasteiger partial charge in [0.1, 0.15) is 0 Å². The summed E-state index contributed by atoms with van der Waals surface area (Å²) in [6.45, 7) is 10.2. The molecule has 0 spiro atoms. The van der Waals surface area contributed by atoms with Gasteiger partial charge in [0.05, 0.1) is 0 Å². The molecule has 1 fully saturated rings. The lowest BCUT2D eigenvalue weighted by Gasteiger charge is -2.55. The van der Waals surface area contributed by atoms with E-state index in [-0.39, 0.29) is 16.7 Å². The maximum Gasteiger partial charge on any atom is 0.251 e. The second kappa shape index (κ2) is 7.59. The summed E-state index contributed by atoms with van der Waals surface area (Å²) in [5, 5.41) is 3.24. The van der Waals surface area contributed by atoms with Crippen LogP contribution in [-0.4, -0.2) is 17.4 Å². The molecule has 0 unspecified atom stereocenters. The molecule has 0 aliphatic heterocycles. The molecule has 1 amide bonds. The lowest BCUT2D eigenvalue weighted by atomic mass is 9.49. The molecule has 2 aliphatic carbocycles. The maximum atomic E-state index is 12.6. The van der Waals surface area contributed by atoms with Crippen LogP contribution >= 0.6 is 0 Å². The van der Waals surface area contributed by atoms with Crippen molar-refractivity contribution in [1.29, 1.82) is 0 Å². The lowest BCUT2D eigenvalue weighted by Crippen LogP contribution is -2.53. The highest BCUT2D eigenvalue weighted by Gasteiger charge is 2.51. The number of carbonyl (C=O) groups excluding carboxylic acids is 1. The predicted molar refractivity (Wildman–Crippen MR) is 118 cm³/mol. The molecule has 2 aliphatic rings. The van der Waals surface area contributed by atoms with E-state index in [0.29, 0.717) is 17.4 Å². The molecular weight excluding hydrogens is 356 g/mol. The zero-order chi connectivity index (χ0) is 20.6. The standard InChI is InChI=1S/C26H34N2O/c1-18(2)20-6-8-22-21(16-20)7-9-23-25(3,12-5-13-26(22,23)4)17-28-24(29)19-10-14-27-15-11-19/h6,8,10-11,14-16,18,23H,5,7,9,12-13,17H2,1-4H3,(H,28,29)/t23-,25+,26+/m0/s1. The van der Waals surface area contributed by atoms with Crippen LogP contribution in [0.2, 0.25) is 0 Å². The number of nitrogens with one attached hydrogen (secondary N) is 1. The number of pyridine rings is 1. The molecule has 0 bridgehead atoms. The molecule has 1 N–H and O–H groups in total. The van der Waals surface area contributed by atoms with Crippen LogP contribution < -0.4 is 5.32 Å². The van der Waals surface area contributed by atoms with Crippen molar-refractivity contribution < 1.29 is 4.79 Å². The Hall–Kier alpha value is -2.16. The second-order valence-electron chi connectivity index (χ2n) is 10.0. The fourth-order valence-electron chi connectivity index (χ4n) is 6.10. The van der Waals surface area contributed by atoms with Gasteiger partial charge in [0, 0.05) is 24.5 Å². The quantitative estimate of drug-likeness (QED) is 0.733. The summed E-state index contributed by atoms with van der Waals surface area (Å²) >= 11 is 0. The molecule has 0 radical (unpaired) electrons. The molecule has 1 aromatic heterocycles. The van der Waals surface area contributed by atoms with Crippen LogP contribution in [0.25, 0.3) is 0 Å². The SMILES string of the molecule is CC(C)c1ccc2c(c1)CC[C@H]1[C@@](C)(CNC(=O)c3ccncc3)CCC[C@]21C. The van der Waals surface area contributed by atoms with E-state index in [9.17, 15) is 4.79 Å². The Bertz CT molecular complexity index is 891. The number of nitrogens with zero attached hydrogens (tertiary/aromatic N) is 1. The Balaban J connectivity index is 1.57. The highest BCUT2D eigenvalue weighted by atomic mass is 16.1. The van der Waals surface area contributed by atoms with Crippen molar-refractivity contribution in [2.24, 2.45) is 11.3 Å². The van der Waals surface area contributed by atoms with Crippen LogP contribution in [0.4, 0.5) is 0 Å². The van der Waals surface area contributed by atoms with Crippen molar-refractivity contribution in [1.82, 2.24) is 10.3 Å². The topological polar surface area (TPSA) is 42.0 Å². The van der Waals surface area contributed by atoms with Crippen molar-refractivity contribution in [3.63, 3.8) is 0 Å². The number of amides is 1. The summed E-state index contributed by atoms with van der Waals surface area (Å²) in [6, 6.07) is 10.8. The number of hydrogen-bond donors (Lipinski definition) is 1. The number of fused-ring (bicyclic) bond motifs is 3. The Morgan fingerprint density at radius 1 is 1.17 bits per heavy atom. The third-order valence-corrected chi connectivity index (χ3v) is 7.76. The third-order valence-electron chi connectivity index (χ3n) is 7.76. The Kier molecular flexibility index (Phi) is 5.27. The summed E-state index contributed by atoms with van der Waals surface area (Å²) in [4.78, 5) is 16.6. The summed E-state index contributed by atoms with van der Waals surface area (Å²) < 4.78 is 0. The predicted octanol–water partition coefficient (Wildman–Crippen LogP) is 5.65. The van der Waals surface area contributed by atoms with Gasteiger partial charge in [-0.2, -0.15) is 0 Å². The summed E-state index contributed by atoms with van der Waals surface area (Å²) in [5.41, 5.74) is 5.60. The molecular formula is C26H34N2O. The average molecular weight is 391 g/mol. The van der Waals surface area contributed by atoms with E-state index in [2.05, 4.69) is 56.2 Å². The molecule has 1 heterocycles. The molecule has 29 heavy (non-hydrogen) atoms. The maximum absolute atomic E-state index is 12.6. The highest BCUT2D eigenvalue weighted by Crippen LogP contribution is 2.57. The first kappa shape index (κ1) is 20.1. The number of rotatable bonds is 4. The van der Waals surface area contributed by atoms with Gasteiger partial charge in [0.15, 0.2) is 0 Å². The van der Waals surface area contributed by atoms with Crippen LogP contribution in [0.5, 0.6) is 0 Å². The molecule has 4 rings (SSSR count). The van der Waals surface area contributed by atoms with E-state index in [1.165, 1.54) is 31.2 Å². The van der Waals surface area contributed by atoms with E-state index < -0.39 is 0 Å². The monoisotopic (exact) mass is 390 g/mol. The van der Waals surface area contributed by atoms with E-state index in [4.69, 9.17) is 0 Å². The number of hydrogen-bond acceptors (Lipinski definition) is 2. The minimum atomic E-state index is 0.0127. The van der Waals surface area contributed by atoms with Gasteiger partial charge in [-0.1, -0.05) is 52.3 Å². The zero-order valence-corrected chi connectivity index (χ0v) is 18.3. The van der Waals surface area contributed by atoms with Gasteiger partial charge in [0.25, 0.3) is 5.91 Å². The number of aryl methyl sites for hydroxylation is 1. The third kappa shape index (κ3) is 3.60. The minimum Gasteiger partial charge on any atom is -0.351 e. The molecule has 1 saturated carbocycles. The van der Waals surface area contributed by atoms with E-state index >= 15 is 0 Å². The summed E-state index contributed by atoms with van der Waals surface area (Å²) in [5.74, 6) is 1.18. The van der Waals surface area contributed by atoms with E-state index in [1.807, 2.05) is 0 Å². The van der Waals surface area contributed by atoms with Crippen molar-refractivity contribution in [3.8, 4) is 0 Å². The van der Waals surface area contributed by atoms with Gasteiger partial charge in [-0.05, 0) is 77.2 Å². The Morgan fingerprint density at radius 3 is 2.66 bits per heavy atom. The first-order valence-electron chi connectivity index (χ1n) is 11.1. The van der Waals surface area contributed by atoms with Gasteiger partial charge in [0.2, 0.25) is 0 Å². The van der Waals surface area contributed by atoms with Gasteiger partial charge < -0.3 is 5.32 Å². The van der Waals surface area contributed by atoms with Crippen LogP contribution in [0.1, 0.15) is 86.3 Å². The first-order chi connectivity index (χ1) is 13.8. The molecule has 1 aromatic carbocycles. The van der Waals surface area contributed by atoms with Crippen LogP contribution in [0.15, 0.2) is 42.7 Å². The number of benzene rings is 1. The first-order valence-corrected chi connectivity index (χ1v) is 11.1. The molecule has 0 saturated heterocycles. The smallest absolute Gasteiger partial charge is 0.251 e. The van der Waals surface area contributed by atoms with Gasteiger partial charge in [-0.3, -0.25) is 9.78 Å². The minimum absolute atomic E-state index is 0.0127. The molecule has 3 heteroatoms. The molecule has 2 aromatic rings. The fourth-order valence-corrected chi connectivity index (χ4v) is 6.10. The average Bonchev–Trinajstić information content (AvgIpc) is 2.72. The summed E-state index contributed by atoms with van der Waals surface area (Å²) in [7, 11) is 0. The largest absolute Gasteiger partial charge is 0.351 e. The zero-order valence-electron chi connectivity index (χ0n) is 18.3. The van der Waals surface area contributed by atoms with Gasteiger partial charge >= 0.3 is 0 Å². The molecule has 154 valence electrons. The van der Waals surface area contributed by atoms with Crippen LogP contribution in [-0.2, 0) is 11.8 Å². The lowest BCUT2D eigenvalue weighted by molar-refractivity contribution is 0.0254. The van der Waals surface area contributed by atoms with E-state index in [0.717, 1.165) is 13.0 Å². The van der Waals surface area contributed by atoms with Crippen molar-refractivity contribution >= 4 is 5.91 Å². The normalized spacial score (nSPS) is 28.5. The van der Waals surface area contributed by atoms with Crippen LogP contribution in [0.3, 0.4) is 0 Å². The Morgan fingerprint density at radius 2 is 1.93 bits per heavy atom.